The molecule has 1 aliphatic rings. The Kier molecular flexibility index (Phi) is 5.20. The molecular formula is C14H19ClN2O3. The smallest absolute Gasteiger partial charge is 0.310 e. The fourth-order valence-electron chi connectivity index (χ4n) is 2.88. The van der Waals surface area contributed by atoms with Crippen molar-refractivity contribution in [3.05, 3.63) is 33.3 Å². The molecule has 1 aromatic carbocycles. The molecule has 2 unspecified atom stereocenters. The second-order valence-electron chi connectivity index (χ2n) is 5.26. The molecule has 110 valence electrons. The summed E-state index contributed by atoms with van der Waals surface area (Å²) in [5, 5.41) is 23.7. The van der Waals surface area contributed by atoms with E-state index in [0.717, 1.165) is 25.7 Å². The fraction of sp³-hybridized carbons (Fsp3) is 0.571. The Morgan fingerprint density at radius 1 is 1.35 bits per heavy atom. The van der Waals surface area contributed by atoms with Crippen LogP contribution in [0.15, 0.2) is 18.2 Å². The number of rotatable bonds is 5. The van der Waals surface area contributed by atoms with Gasteiger partial charge < -0.3 is 10.4 Å². The van der Waals surface area contributed by atoms with Crippen LogP contribution >= 0.6 is 11.6 Å². The molecule has 0 bridgehead atoms. The summed E-state index contributed by atoms with van der Waals surface area (Å²) in [6, 6.07) is 4.88. The number of nitrogens with zero attached hydrogens (tertiary/aromatic N) is 1. The van der Waals surface area contributed by atoms with E-state index < -0.39 is 4.92 Å². The van der Waals surface area contributed by atoms with Crippen LogP contribution in [0.3, 0.4) is 0 Å². The first-order chi connectivity index (χ1) is 9.63. The van der Waals surface area contributed by atoms with Crippen LogP contribution in [0.1, 0.15) is 25.7 Å². The Balaban J connectivity index is 2.07. The van der Waals surface area contributed by atoms with Gasteiger partial charge in [-0.3, -0.25) is 10.1 Å². The van der Waals surface area contributed by atoms with Crippen molar-refractivity contribution in [1.29, 1.82) is 0 Å². The van der Waals surface area contributed by atoms with Crippen molar-refractivity contribution in [3.63, 3.8) is 0 Å². The van der Waals surface area contributed by atoms with Crippen LogP contribution in [-0.4, -0.2) is 23.2 Å². The maximum Gasteiger partial charge on any atom is 0.310 e. The van der Waals surface area contributed by atoms with Crippen LogP contribution < -0.4 is 5.32 Å². The predicted octanol–water partition coefficient (Wildman–Crippen LogP) is 3.46. The van der Waals surface area contributed by atoms with Crippen LogP contribution in [0.5, 0.6) is 0 Å². The van der Waals surface area contributed by atoms with Gasteiger partial charge in [-0.1, -0.05) is 30.5 Å². The molecule has 0 amide bonds. The Bertz CT molecular complexity index is 481. The van der Waals surface area contributed by atoms with Crippen molar-refractivity contribution in [1.82, 2.24) is 0 Å². The molecule has 0 aromatic heterocycles. The summed E-state index contributed by atoms with van der Waals surface area (Å²) in [7, 11) is 0. The monoisotopic (exact) mass is 298 g/mol. The third kappa shape index (κ3) is 3.41. The molecule has 0 saturated heterocycles. The van der Waals surface area contributed by atoms with Crippen LogP contribution in [0.2, 0.25) is 5.02 Å². The van der Waals surface area contributed by atoms with Crippen molar-refractivity contribution in [2.45, 2.75) is 25.7 Å². The minimum atomic E-state index is -0.463. The van der Waals surface area contributed by atoms with Crippen molar-refractivity contribution < 1.29 is 10.0 Å². The third-order valence-electron chi connectivity index (χ3n) is 4.03. The molecule has 0 spiro atoms. The lowest BCUT2D eigenvalue weighted by Crippen LogP contribution is -2.28. The van der Waals surface area contributed by atoms with Crippen molar-refractivity contribution >= 4 is 23.0 Å². The summed E-state index contributed by atoms with van der Waals surface area (Å²) < 4.78 is 0. The molecular weight excluding hydrogens is 280 g/mol. The summed E-state index contributed by atoms with van der Waals surface area (Å²) in [6.07, 6.45) is 4.38. The van der Waals surface area contributed by atoms with E-state index in [1.54, 1.807) is 12.1 Å². The van der Waals surface area contributed by atoms with Gasteiger partial charge in [-0.15, -0.1) is 0 Å². The zero-order valence-corrected chi connectivity index (χ0v) is 12.0. The van der Waals surface area contributed by atoms with E-state index in [1.807, 2.05) is 0 Å². The van der Waals surface area contributed by atoms with Crippen LogP contribution in [-0.2, 0) is 0 Å². The largest absolute Gasteiger partial charge is 0.396 e. The number of aliphatic hydroxyl groups excluding tert-OH is 1. The Morgan fingerprint density at radius 2 is 2.05 bits per heavy atom. The first kappa shape index (κ1) is 15.1. The Hall–Kier alpha value is -1.33. The molecule has 2 N–H and O–H groups in total. The van der Waals surface area contributed by atoms with Gasteiger partial charge in [0.1, 0.15) is 10.7 Å². The van der Waals surface area contributed by atoms with Crippen molar-refractivity contribution in [2.75, 3.05) is 18.5 Å². The van der Waals surface area contributed by atoms with Gasteiger partial charge in [0.25, 0.3) is 0 Å². The average molecular weight is 299 g/mol. The number of nitro benzene ring substituents is 1. The predicted molar refractivity (Wildman–Crippen MR) is 79.1 cm³/mol. The van der Waals surface area contributed by atoms with E-state index in [0.29, 0.717) is 18.2 Å². The number of benzene rings is 1. The van der Waals surface area contributed by atoms with Gasteiger partial charge in [-0.25, -0.2) is 0 Å². The van der Waals surface area contributed by atoms with Gasteiger partial charge in [0.05, 0.1) is 4.92 Å². The van der Waals surface area contributed by atoms with E-state index in [-0.39, 0.29) is 23.2 Å². The topological polar surface area (TPSA) is 75.4 Å². The maximum atomic E-state index is 11.1. The lowest BCUT2D eigenvalue weighted by Gasteiger charge is -2.30. The number of hydrogen-bond acceptors (Lipinski definition) is 4. The lowest BCUT2D eigenvalue weighted by atomic mass is 9.79. The summed E-state index contributed by atoms with van der Waals surface area (Å²) >= 11 is 5.88. The normalized spacial score (nSPS) is 22.5. The molecule has 2 rings (SSSR count). The summed E-state index contributed by atoms with van der Waals surface area (Å²) in [6.45, 7) is 0.816. The van der Waals surface area contributed by atoms with Crippen molar-refractivity contribution in [3.8, 4) is 0 Å². The van der Waals surface area contributed by atoms with Gasteiger partial charge in [0.2, 0.25) is 0 Å². The highest BCUT2D eigenvalue weighted by Gasteiger charge is 2.25. The first-order valence-electron chi connectivity index (χ1n) is 6.91. The highest BCUT2D eigenvalue weighted by atomic mass is 35.5. The summed E-state index contributed by atoms with van der Waals surface area (Å²) in [5.74, 6) is 0.641. The van der Waals surface area contributed by atoms with Gasteiger partial charge in [0.15, 0.2) is 0 Å². The molecule has 5 nitrogen and oxygen atoms in total. The number of halogens is 1. The molecule has 6 heteroatoms. The van der Waals surface area contributed by atoms with E-state index in [2.05, 4.69) is 5.32 Å². The highest BCUT2D eigenvalue weighted by molar-refractivity contribution is 6.33. The summed E-state index contributed by atoms with van der Waals surface area (Å²) in [5.41, 5.74) is 0.371. The van der Waals surface area contributed by atoms with E-state index in [4.69, 9.17) is 11.6 Å². The maximum absolute atomic E-state index is 11.1. The molecule has 1 aliphatic carbocycles. The van der Waals surface area contributed by atoms with Crippen LogP contribution in [0.25, 0.3) is 0 Å². The van der Waals surface area contributed by atoms with Gasteiger partial charge in [0, 0.05) is 13.2 Å². The number of para-hydroxylation sites is 1. The molecule has 2 atom stereocenters. The second kappa shape index (κ2) is 6.90. The highest BCUT2D eigenvalue weighted by Crippen LogP contribution is 2.34. The molecule has 0 heterocycles. The molecule has 1 aromatic rings. The van der Waals surface area contributed by atoms with E-state index in [9.17, 15) is 15.2 Å². The van der Waals surface area contributed by atoms with E-state index in [1.165, 1.54) is 6.07 Å². The van der Waals surface area contributed by atoms with Gasteiger partial charge in [-0.05, 0) is 36.8 Å². The standard InChI is InChI=1S/C14H19ClN2O3/c15-12-6-3-7-13(14(12)17(19)20)16-8-10-4-1-2-5-11(10)9-18/h3,6-7,10-11,16,18H,1-2,4-5,8-9H2. The average Bonchev–Trinajstić information content (AvgIpc) is 2.45. The fourth-order valence-corrected chi connectivity index (χ4v) is 3.12. The third-order valence-corrected chi connectivity index (χ3v) is 4.33. The minimum absolute atomic E-state index is 0.0782. The van der Waals surface area contributed by atoms with Crippen LogP contribution in [0.4, 0.5) is 11.4 Å². The molecule has 1 fully saturated rings. The van der Waals surface area contributed by atoms with E-state index >= 15 is 0 Å². The SMILES string of the molecule is O=[N+]([O-])c1c(Cl)cccc1NCC1CCCCC1CO. The minimum Gasteiger partial charge on any atom is -0.396 e. The quantitative estimate of drug-likeness (QED) is 0.645. The van der Waals surface area contributed by atoms with Crippen LogP contribution in [0, 0.1) is 22.0 Å². The molecule has 20 heavy (non-hydrogen) atoms. The van der Waals surface area contributed by atoms with Gasteiger partial charge >= 0.3 is 5.69 Å². The van der Waals surface area contributed by atoms with Crippen molar-refractivity contribution in [2.24, 2.45) is 11.8 Å². The number of nitro groups is 1. The molecule has 0 aliphatic heterocycles. The zero-order chi connectivity index (χ0) is 14.5. The number of aliphatic hydroxyl groups is 1. The zero-order valence-electron chi connectivity index (χ0n) is 11.2. The lowest BCUT2D eigenvalue weighted by molar-refractivity contribution is -0.383. The first-order valence-corrected chi connectivity index (χ1v) is 7.29. The second-order valence-corrected chi connectivity index (χ2v) is 5.67. The van der Waals surface area contributed by atoms with Gasteiger partial charge in [-0.2, -0.15) is 0 Å². The number of anilines is 1. The molecule has 1 saturated carbocycles. The number of hydrogen-bond donors (Lipinski definition) is 2. The number of nitrogens with one attached hydrogen (secondary N) is 1. The summed E-state index contributed by atoms with van der Waals surface area (Å²) in [4.78, 5) is 10.6. The Morgan fingerprint density at radius 3 is 2.70 bits per heavy atom. The Labute approximate surface area is 123 Å². The molecule has 0 radical (unpaired) electrons.